The Morgan fingerprint density at radius 1 is 1.11 bits per heavy atom. The molecule has 0 aromatic heterocycles. The van der Waals surface area contributed by atoms with E-state index in [-0.39, 0.29) is 17.5 Å². The van der Waals surface area contributed by atoms with E-state index < -0.39 is 0 Å². The highest BCUT2D eigenvalue weighted by molar-refractivity contribution is 5.81. The topological polar surface area (TPSA) is 26.3 Å². The number of carbonyl (C=O) groups excluding carboxylic acids is 1. The van der Waals surface area contributed by atoms with Crippen LogP contribution in [0.3, 0.4) is 0 Å². The second-order valence-corrected chi connectivity index (χ2v) is 7.76. The molecule has 0 amide bonds. The predicted octanol–water partition coefficient (Wildman–Crippen LogP) is 4.98. The first kappa shape index (κ1) is 18.2. The molecule has 0 saturated heterocycles. The molecular weight excluding hydrogens is 236 g/mol. The van der Waals surface area contributed by atoms with Gasteiger partial charge in [-0.05, 0) is 42.9 Å². The van der Waals surface area contributed by atoms with Crippen LogP contribution in [-0.2, 0) is 9.53 Å². The summed E-state index contributed by atoms with van der Waals surface area (Å²) in [6.07, 6.45) is 4.40. The summed E-state index contributed by atoms with van der Waals surface area (Å²) in [5.74, 6) is 0.381. The van der Waals surface area contributed by atoms with Gasteiger partial charge in [-0.3, -0.25) is 0 Å². The van der Waals surface area contributed by atoms with Crippen molar-refractivity contribution in [1.29, 1.82) is 0 Å². The zero-order chi connectivity index (χ0) is 15.3. The average molecular weight is 268 g/mol. The molecule has 0 aliphatic carbocycles. The van der Waals surface area contributed by atoms with Crippen molar-refractivity contribution < 1.29 is 9.53 Å². The Bertz CT molecular complexity index is 300. The molecule has 0 aliphatic rings. The minimum atomic E-state index is -0.329. The quantitative estimate of drug-likeness (QED) is 0.458. The summed E-state index contributed by atoms with van der Waals surface area (Å²) < 4.78 is 5.27. The highest BCUT2D eigenvalue weighted by Crippen LogP contribution is 2.40. The molecule has 0 rings (SSSR count). The lowest BCUT2D eigenvalue weighted by molar-refractivity contribution is -0.143. The van der Waals surface area contributed by atoms with Gasteiger partial charge in [0.15, 0.2) is 0 Å². The Hall–Kier alpha value is -0.790. The van der Waals surface area contributed by atoms with Crippen LogP contribution in [0, 0.1) is 16.7 Å². The third kappa shape index (κ3) is 8.85. The molecule has 0 aliphatic heterocycles. The third-order valence-electron chi connectivity index (χ3n) is 3.24. The lowest BCUT2D eigenvalue weighted by atomic mass is 9.69. The molecule has 0 N–H and O–H groups in total. The van der Waals surface area contributed by atoms with Crippen molar-refractivity contribution in [2.24, 2.45) is 16.7 Å². The summed E-state index contributed by atoms with van der Waals surface area (Å²) in [6.45, 7) is 19.1. The van der Waals surface area contributed by atoms with Crippen LogP contribution in [0.5, 0.6) is 0 Å². The van der Waals surface area contributed by atoms with Crippen LogP contribution in [0.4, 0.5) is 0 Å². The Labute approximate surface area is 119 Å². The molecule has 19 heavy (non-hydrogen) atoms. The molecule has 0 heterocycles. The van der Waals surface area contributed by atoms with Crippen LogP contribution < -0.4 is 0 Å². The molecule has 0 aromatic carbocycles. The van der Waals surface area contributed by atoms with Crippen molar-refractivity contribution in [3.8, 4) is 0 Å². The van der Waals surface area contributed by atoms with E-state index in [9.17, 15) is 4.79 Å². The van der Waals surface area contributed by atoms with Crippen LogP contribution in [0.2, 0.25) is 0 Å². The minimum Gasteiger partial charge on any atom is -0.460 e. The number of carbonyl (C=O) groups is 1. The fraction of sp³-hybridized carbons (Fsp3) is 0.824. The van der Waals surface area contributed by atoms with Gasteiger partial charge in [0.2, 0.25) is 0 Å². The molecule has 0 spiro atoms. The summed E-state index contributed by atoms with van der Waals surface area (Å²) in [5.41, 5.74) is 0.485. The maximum absolute atomic E-state index is 11.2. The first-order chi connectivity index (χ1) is 8.47. The van der Waals surface area contributed by atoms with Gasteiger partial charge in [0.05, 0.1) is 6.10 Å². The summed E-state index contributed by atoms with van der Waals surface area (Å²) >= 11 is 0. The molecule has 0 fully saturated rings. The van der Waals surface area contributed by atoms with E-state index in [1.807, 2.05) is 6.92 Å². The standard InChI is InChI=1S/C17H32O2/c1-9-15(18)19-14(4)11-17(7,8)12-16(5,6)10-13(2)3/h9,13-14H,1,10-12H2,2-8H3. The number of hydrogen-bond donors (Lipinski definition) is 0. The number of rotatable bonds is 8. The first-order valence-electron chi connectivity index (χ1n) is 7.30. The Balaban J connectivity index is 4.45. The van der Waals surface area contributed by atoms with E-state index in [0.717, 1.165) is 12.8 Å². The van der Waals surface area contributed by atoms with Gasteiger partial charge in [-0.25, -0.2) is 4.79 Å². The molecule has 0 saturated carbocycles. The van der Waals surface area contributed by atoms with E-state index in [1.165, 1.54) is 12.5 Å². The van der Waals surface area contributed by atoms with Gasteiger partial charge in [-0.1, -0.05) is 48.1 Å². The van der Waals surface area contributed by atoms with Gasteiger partial charge < -0.3 is 4.74 Å². The summed E-state index contributed by atoms with van der Waals surface area (Å²) in [5, 5.41) is 0. The van der Waals surface area contributed by atoms with Crippen LogP contribution in [0.25, 0.3) is 0 Å². The maximum atomic E-state index is 11.2. The normalized spacial score (nSPS) is 14.3. The van der Waals surface area contributed by atoms with E-state index in [0.29, 0.717) is 11.3 Å². The van der Waals surface area contributed by atoms with Gasteiger partial charge in [0.25, 0.3) is 0 Å². The first-order valence-corrected chi connectivity index (χ1v) is 7.30. The van der Waals surface area contributed by atoms with E-state index in [1.54, 1.807) is 0 Å². The Morgan fingerprint density at radius 2 is 1.58 bits per heavy atom. The monoisotopic (exact) mass is 268 g/mol. The molecule has 2 heteroatoms. The molecular formula is C17H32O2. The molecule has 112 valence electrons. The van der Waals surface area contributed by atoms with E-state index >= 15 is 0 Å². The molecule has 2 nitrogen and oxygen atoms in total. The second-order valence-electron chi connectivity index (χ2n) is 7.76. The third-order valence-corrected chi connectivity index (χ3v) is 3.24. The van der Waals surface area contributed by atoms with Crippen molar-refractivity contribution >= 4 is 5.97 Å². The largest absolute Gasteiger partial charge is 0.460 e. The number of ether oxygens (including phenoxy) is 1. The highest BCUT2D eigenvalue weighted by atomic mass is 16.5. The minimum absolute atomic E-state index is 0.0599. The highest BCUT2D eigenvalue weighted by Gasteiger charge is 2.31. The lowest BCUT2D eigenvalue weighted by Gasteiger charge is -2.37. The fourth-order valence-electron chi connectivity index (χ4n) is 3.61. The van der Waals surface area contributed by atoms with Crippen LogP contribution >= 0.6 is 0 Å². The lowest BCUT2D eigenvalue weighted by Crippen LogP contribution is -2.29. The van der Waals surface area contributed by atoms with Gasteiger partial charge >= 0.3 is 5.97 Å². The van der Waals surface area contributed by atoms with Gasteiger partial charge in [-0.2, -0.15) is 0 Å². The Morgan fingerprint density at radius 3 is 2.00 bits per heavy atom. The summed E-state index contributed by atoms with van der Waals surface area (Å²) in [7, 11) is 0. The fourth-order valence-corrected chi connectivity index (χ4v) is 3.61. The van der Waals surface area contributed by atoms with Crippen LogP contribution in [0.1, 0.15) is 67.7 Å². The van der Waals surface area contributed by atoms with Gasteiger partial charge in [0, 0.05) is 6.08 Å². The second kappa shape index (κ2) is 7.12. The van der Waals surface area contributed by atoms with Crippen LogP contribution in [-0.4, -0.2) is 12.1 Å². The van der Waals surface area contributed by atoms with E-state index in [2.05, 4.69) is 48.1 Å². The summed E-state index contributed by atoms with van der Waals surface area (Å²) in [4.78, 5) is 11.2. The average Bonchev–Trinajstić information content (AvgIpc) is 2.11. The van der Waals surface area contributed by atoms with Crippen molar-refractivity contribution in [2.45, 2.75) is 73.8 Å². The SMILES string of the molecule is C=CC(=O)OC(C)CC(C)(C)CC(C)(C)CC(C)C. The van der Waals surface area contributed by atoms with Crippen molar-refractivity contribution in [1.82, 2.24) is 0 Å². The molecule has 0 radical (unpaired) electrons. The zero-order valence-corrected chi connectivity index (χ0v) is 13.9. The summed E-state index contributed by atoms with van der Waals surface area (Å²) in [6, 6.07) is 0. The molecule has 1 atom stereocenters. The number of hydrogen-bond acceptors (Lipinski definition) is 2. The van der Waals surface area contributed by atoms with Crippen molar-refractivity contribution in [2.75, 3.05) is 0 Å². The number of esters is 1. The van der Waals surface area contributed by atoms with Gasteiger partial charge in [-0.15, -0.1) is 0 Å². The molecule has 0 aromatic rings. The molecule has 0 bridgehead atoms. The molecule has 1 unspecified atom stereocenters. The Kier molecular flexibility index (Phi) is 6.82. The van der Waals surface area contributed by atoms with Crippen molar-refractivity contribution in [3.05, 3.63) is 12.7 Å². The van der Waals surface area contributed by atoms with Gasteiger partial charge in [0.1, 0.15) is 0 Å². The van der Waals surface area contributed by atoms with E-state index in [4.69, 9.17) is 4.74 Å². The predicted molar refractivity (Wildman–Crippen MR) is 82.0 cm³/mol. The van der Waals surface area contributed by atoms with Crippen molar-refractivity contribution in [3.63, 3.8) is 0 Å². The smallest absolute Gasteiger partial charge is 0.330 e. The maximum Gasteiger partial charge on any atom is 0.330 e. The zero-order valence-electron chi connectivity index (χ0n) is 13.9. The van der Waals surface area contributed by atoms with Crippen LogP contribution in [0.15, 0.2) is 12.7 Å².